The third-order valence-electron chi connectivity index (χ3n) is 2.47. The average molecular weight is 240 g/mol. The van der Waals surface area contributed by atoms with E-state index in [-0.39, 0.29) is 6.42 Å². The molecule has 0 saturated heterocycles. The quantitative estimate of drug-likeness (QED) is 0.862. The van der Waals surface area contributed by atoms with Gasteiger partial charge in [0.05, 0.1) is 5.71 Å². The maximum atomic E-state index is 10.9. The average Bonchev–Trinajstić information content (AvgIpc) is 2.62. The standard InChI is InChI=1S/C11H10ClNO3/c1-11(10(14)15)6-9(13-16-11)7-3-2-4-8(12)5-7/h2-5H,6H2,1H3,(H,14,15)/t11-/m1/s1. The highest BCUT2D eigenvalue weighted by molar-refractivity contribution is 6.31. The van der Waals surface area contributed by atoms with Crippen molar-refractivity contribution in [2.45, 2.75) is 18.9 Å². The summed E-state index contributed by atoms with van der Waals surface area (Å²) in [5.74, 6) is -1.02. The van der Waals surface area contributed by atoms with E-state index in [0.717, 1.165) is 5.56 Å². The van der Waals surface area contributed by atoms with Crippen molar-refractivity contribution in [3.63, 3.8) is 0 Å². The fourth-order valence-electron chi connectivity index (χ4n) is 1.48. The second kappa shape index (κ2) is 3.79. The third-order valence-corrected chi connectivity index (χ3v) is 2.71. The summed E-state index contributed by atoms with van der Waals surface area (Å²) in [7, 11) is 0. The molecule has 0 fully saturated rings. The van der Waals surface area contributed by atoms with Crippen LogP contribution in [-0.4, -0.2) is 22.4 Å². The van der Waals surface area contributed by atoms with Crippen LogP contribution in [0.5, 0.6) is 0 Å². The van der Waals surface area contributed by atoms with Gasteiger partial charge in [-0.1, -0.05) is 28.9 Å². The summed E-state index contributed by atoms with van der Waals surface area (Å²) in [5, 5.41) is 13.4. The van der Waals surface area contributed by atoms with Crippen LogP contribution < -0.4 is 0 Å². The van der Waals surface area contributed by atoms with E-state index >= 15 is 0 Å². The molecule has 0 spiro atoms. The van der Waals surface area contributed by atoms with Crippen molar-refractivity contribution in [1.29, 1.82) is 0 Å². The van der Waals surface area contributed by atoms with Gasteiger partial charge in [-0.2, -0.15) is 0 Å². The number of carboxylic acid groups (broad SMARTS) is 1. The molecular formula is C11H10ClNO3. The summed E-state index contributed by atoms with van der Waals surface area (Å²) >= 11 is 5.84. The SMILES string of the molecule is C[C@]1(C(=O)O)CC(c2cccc(Cl)c2)=NO1. The van der Waals surface area contributed by atoms with Gasteiger partial charge in [0.15, 0.2) is 0 Å². The van der Waals surface area contributed by atoms with Gasteiger partial charge < -0.3 is 9.94 Å². The molecule has 84 valence electrons. The minimum atomic E-state index is -1.27. The van der Waals surface area contributed by atoms with Crippen LogP contribution in [-0.2, 0) is 9.63 Å². The Balaban J connectivity index is 2.24. The largest absolute Gasteiger partial charge is 0.478 e. The number of rotatable bonds is 2. The Labute approximate surface area is 97.5 Å². The molecule has 1 atom stereocenters. The van der Waals surface area contributed by atoms with Crippen molar-refractivity contribution in [2.24, 2.45) is 5.16 Å². The van der Waals surface area contributed by atoms with E-state index < -0.39 is 11.6 Å². The minimum absolute atomic E-state index is 0.239. The summed E-state index contributed by atoms with van der Waals surface area (Å²) in [6.07, 6.45) is 0.239. The van der Waals surface area contributed by atoms with Crippen LogP contribution in [0.25, 0.3) is 0 Å². The van der Waals surface area contributed by atoms with Gasteiger partial charge in [-0.15, -0.1) is 0 Å². The second-order valence-corrected chi connectivity index (χ2v) is 4.29. The van der Waals surface area contributed by atoms with Crippen LogP contribution in [0.3, 0.4) is 0 Å². The summed E-state index contributed by atoms with van der Waals surface area (Å²) < 4.78 is 0. The zero-order valence-electron chi connectivity index (χ0n) is 8.61. The Morgan fingerprint density at radius 1 is 1.62 bits per heavy atom. The van der Waals surface area contributed by atoms with Crippen molar-refractivity contribution in [1.82, 2.24) is 0 Å². The van der Waals surface area contributed by atoms with Crippen LogP contribution in [0.2, 0.25) is 5.02 Å². The number of carboxylic acids is 1. The van der Waals surface area contributed by atoms with E-state index in [4.69, 9.17) is 21.5 Å². The number of oxime groups is 1. The van der Waals surface area contributed by atoms with Crippen molar-refractivity contribution >= 4 is 23.3 Å². The molecule has 1 aliphatic rings. The molecule has 0 unspecified atom stereocenters. The van der Waals surface area contributed by atoms with E-state index in [0.29, 0.717) is 10.7 Å². The Morgan fingerprint density at radius 2 is 2.38 bits per heavy atom. The minimum Gasteiger partial charge on any atom is -0.478 e. The molecule has 1 aromatic carbocycles. The van der Waals surface area contributed by atoms with Crippen molar-refractivity contribution in [3.8, 4) is 0 Å². The highest BCUT2D eigenvalue weighted by Gasteiger charge is 2.42. The lowest BCUT2D eigenvalue weighted by molar-refractivity contribution is -0.160. The number of nitrogens with zero attached hydrogens (tertiary/aromatic N) is 1. The highest BCUT2D eigenvalue weighted by Crippen LogP contribution is 2.27. The van der Waals surface area contributed by atoms with Gasteiger partial charge in [-0.25, -0.2) is 4.79 Å². The van der Waals surface area contributed by atoms with E-state index in [1.54, 1.807) is 18.2 Å². The predicted molar refractivity (Wildman–Crippen MR) is 59.7 cm³/mol. The highest BCUT2D eigenvalue weighted by atomic mass is 35.5. The lowest BCUT2D eigenvalue weighted by Gasteiger charge is -2.14. The molecule has 1 N–H and O–H groups in total. The second-order valence-electron chi connectivity index (χ2n) is 3.85. The zero-order valence-corrected chi connectivity index (χ0v) is 9.36. The molecule has 2 rings (SSSR count). The van der Waals surface area contributed by atoms with Crippen LogP contribution in [0.4, 0.5) is 0 Å². The van der Waals surface area contributed by atoms with Gasteiger partial charge in [0.25, 0.3) is 0 Å². The number of hydrogen-bond acceptors (Lipinski definition) is 3. The Bertz CT molecular complexity index is 472. The first kappa shape index (κ1) is 11.0. The Morgan fingerprint density at radius 3 is 2.94 bits per heavy atom. The molecule has 5 heteroatoms. The molecule has 0 amide bonds. The molecule has 0 radical (unpaired) electrons. The summed E-state index contributed by atoms with van der Waals surface area (Å²) in [5.41, 5.74) is 0.127. The topological polar surface area (TPSA) is 58.9 Å². The molecule has 0 bridgehead atoms. The lowest BCUT2D eigenvalue weighted by Crippen LogP contribution is -2.35. The van der Waals surface area contributed by atoms with Gasteiger partial charge in [0.2, 0.25) is 5.60 Å². The van der Waals surface area contributed by atoms with Gasteiger partial charge in [-0.05, 0) is 19.1 Å². The number of aliphatic carboxylic acids is 1. The van der Waals surface area contributed by atoms with E-state index in [1.807, 2.05) is 6.07 Å². The molecule has 4 nitrogen and oxygen atoms in total. The van der Waals surface area contributed by atoms with Gasteiger partial charge in [0, 0.05) is 17.0 Å². The van der Waals surface area contributed by atoms with Crippen LogP contribution >= 0.6 is 11.6 Å². The third kappa shape index (κ3) is 1.88. The number of halogens is 1. The van der Waals surface area contributed by atoms with Crippen LogP contribution in [0.15, 0.2) is 29.4 Å². The summed E-state index contributed by atoms with van der Waals surface area (Å²) in [6.45, 7) is 1.50. The Hall–Kier alpha value is -1.55. The van der Waals surface area contributed by atoms with Crippen molar-refractivity contribution in [2.75, 3.05) is 0 Å². The van der Waals surface area contributed by atoms with Gasteiger partial charge in [0.1, 0.15) is 0 Å². The molecule has 1 aromatic rings. The van der Waals surface area contributed by atoms with Crippen LogP contribution in [0, 0.1) is 0 Å². The van der Waals surface area contributed by atoms with Crippen LogP contribution in [0.1, 0.15) is 18.9 Å². The van der Waals surface area contributed by atoms with E-state index in [2.05, 4.69) is 5.16 Å². The summed E-state index contributed by atoms with van der Waals surface area (Å²) in [6, 6.07) is 7.09. The fraction of sp³-hybridized carbons (Fsp3) is 0.273. The monoisotopic (exact) mass is 239 g/mol. The fourth-order valence-corrected chi connectivity index (χ4v) is 1.67. The van der Waals surface area contributed by atoms with E-state index in [1.165, 1.54) is 6.92 Å². The molecule has 0 aromatic heterocycles. The predicted octanol–water partition coefficient (Wildman–Crippen LogP) is 2.31. The molecule has 16 heavy (non-hydrogen) atoms. The van der Waals surface area contributed by atoms with Gasteiger partial charge >= 0.3 is 5.97 Å². The molecule has 0 saturated carbocycles. The van der Waals surface area contributed by atoms with Crippen molar-refractivity contribution < 1.29 is 14.7 Å². The first-order valence-corrected chi connectivity index (χ1v) is 5.13. The molecule has 1 heterocycles. The molecule has 1 aliphatic heterocycles. The van der Waals surface area contributed by atoms with E-state index in [9.17, 15) is 4.79 Å². The van der Waals surface area contributed by atoms with Crippen molar-refractivity contribution in [3.05, 3.63) is 34.9 Å². The maximum Gasteiger partial charge on any atom is 0.351 e. The maximum absolute atomic E-state index is 10.9. The zero-order chi connectivity index (χ0) is 11.8. The molecule has 0 aliphatic carbocycles. The van der Waals surface area contributed by atoms with Gasteiger partial charge in [-0.3, -0.25) is 0 Å². The summed E-state index contributed by atoms with van der Waals surface area (Å²) in [4.78, 5) is 15.9. The first-order chi connectivity index (χ1) is 7.51. The molecular weight excluding hydrogens is 230 g/mol. The first-order valence-electron chi connectivity index (χ1n) is 4.76. The Kier molecular flexibility index (Phi) is 2.59. The lowest BCUT2D eigenvalue weighted by atomic mass is 9.96. The number of carbonyl (C=O) groups is 1. The normalized spacial score (nSPS) is 23.8. The number of benzene rings is 1. The number of hydrogen-bond donors (Lipinski definition) is 1. The smallest absolute Gasteiger partial charge is 0.351 e.